The smallest absolute Gasteiger partial charge is 0.267 e. The zero-order chi connectivity index (χ0) is 19.3. The van der Waals surface area contributed by atoms with E-state index in [1.807, 2.05) is 36.4 Å². The van der Waals surface area contributed by atoms with Crippen LogP contribution < -0.4 is 5.43 Å². The Labute approximate surface area is 160 Å². The van der Waals surface area contributed by atoms with Gasteiger partial charge in [-0.05, 0) is 42.0 Å². The summed E-state index contributed by atoms with van der Waals surface area (Å²) in [5, 5.41) is 4.70. The number of halogens is 1. The van der Waals surface area contributed by atoms with E-state index in [9.17, 15) is 9.18 Å². The second-order valence-corrected chi connectivity index (χ2v) is 6.06. The highest BCUT2D eigenvalue weighted by atomic mass is 19.1. The number of hydrogen-bond donors (Lipinski definition) is 1. The van der Waals surface area contributed by atoms with Gasteiger partial charge in [-0.15, -0.1) is 0 Å². The van der Waals surface area contributed by atoms with Crippen molar-refractivity contribution in [3.63, 3.8) is 0 Å². The molecule has 6 heteroatoms. The van der Waals surface area contributed by atoms with Gasteiger partial charge in [0, 0.05) is 23.3 Å². The van der Waals surface area contributed by atoms with Crippen molar-refractivity contribution in [2.24, 2.45) is 5.10 Å². The van der Waals surface area contributed by atoms with Gasteiger partial charge in [-0.2, -0.15) is 5.10 Å². The first-order chi connectivity index (χ1) is 13.7. The topological polar surface area (TPSA) is 67.2 Å². The fourth-order valence-electron chi connectivity index (χ4n) is 2.80. The molecule has 0 saturated heterocycles. The lowest BCUT2D eigenvalue weighted by Crippen LogP contribution is -2.18. The maximum atomic E-state index is 13.0. The lowest BCUT2D eigenvalue weighted by molar-refractivity contribution is 0.0956. The number of benzene rings is 2. The van der Waals surface area contributed by atoms with Gasteiger partial charge in [-0.25, -0.2) is 14.8 Å². The zero-order valence-corrected chi connectivity index (χ0v) is 14.7. The van der Waals surface area contributed by atoms with E-state index in [4.69, 9.17) is 0 Å². The molecule has 136 valence electrons. The largest absolute Gasteiger partial charge is 0.272 e. The van der Waals surface area contributed by atoms with Gasteiger partial charge >= 0.3 is 0 Å². The van der Waals surface area contributed by atoms with Crippen molar-refractivity contribution in [2.75, 3.05) is 0 Å². The van der Waals surface area contributed by atoms with Crippen LogP contribution in [0.2, 0.25) is 0 Å². The number of rotatable bonds is 4. The summed E-state index contributed by atoms with van der Waals surface area (Å²) in [5.74, 6) is -0.686. The Hall–Kier alpha value is -3.93. The Morgan fingerprint density at radius 1 is 1.04 bits per heavy atom. The SMILES string of the molecule is O=C(N/N=C\c1ccc(F)cc1)c1cc(-c2cccnc2)nc2ccccc12. The molecule has 1 amide bonds. The maximum absolute atomic E-state index is 13.0. The first kappa shape index (κ1) is 17.5. The van der Waals surface area contributed by atoms with Crippen LogP contribution in [0.1, 0.15) is 15.9 Å². The van der Waals surface area contributed by atoms with E-state index in [1.165, 1.54) is 18.3 Å². The minimum absolute atomic E-state index is 0.327. The average Bonchev–Trinajstić information content (AvgIpc) is 2.75. The van der Waals surface area contributed by atoms with Crippen molar-refractivity contribution in [2.45, 2.75) is 0 Å². The summed E-state index contributed by atoms with van der Waals surface area (Å²) in [6.07, 6.45) is 4.84. The number of carbonyl (C=O) groups excluding carboxylic acids is 1. The molecule has 0 aliphatic carbocycles. The summed E-state index contributed by atoms with van der Waals surface area (Å²) in [5.41, 5.74) is 5.84. The number of nitrogens with zero attached hydrogens (tertiary/aromatic N) is 3. The minimum Gasteiger partial charge on any atom is -0.267 e. The molecule has 0 radical (unpaired) electrons. The fraction of sp³-hybridized carbons (Fsp3) is 0. The lowest BCUT2D eigenvalue weighted by Gasteiger charge is -2.08. The molecule has 1 N–H and O–H groups in total. The molecule has 4 aromatic rings. The van der Waals surface area contributed by atoms with Crippen molar-refractivity contribution in [3.8, 4) is 11.3 Å². The molecule has 5 nitrogen and oxygen atoms in total. The number of hydrazone groups is 1. The number of pyridine rings is 2. The summed E-state index contributed by atoms with van der Waals surface area (Å²) in [7, 11) is 0. The van der Waals surface area contributed by atoms with Crippen molar-refractivity contribution in [3.05, 3.63) is 96.1 Å². The van der Waals surface area contributed by atoms with E-state index in [0.717, 1.165) is 10.9 Å². The monoisotopic (exact) mass is 370 g/mol. The van der Waals surface area contributed by atoms with Crippen molar-refractivity contribution in [1.29, 1.82) is 0 Å². The number of para-hydroxylation sites is 1. The van der Waals surface area contributed by atoms with E-state index in [-0.39, 0.29) is 11.7 Å². The van der Waals surface area contributed by atoms with Crippen LogP contribution in [0, 0.1) is 5.82 Å². The maximum Gasteiger partial charge on any atom is 0.272 e. The normalized spacial score (nSPS) is 11.0. The molecule has 2 heterocycles. The van der Waals surface area contributed by atoms with E-state index in [2.05, 4.69) is 20.5 Å². The standard InChI is InChI=1S/C22H15FN4O/c23-17-9-7-15(8-10-17)13-25-27-22(28)19-12-21(16-4-3-11-24-14-16)26-20-6-2-1-5-18(19)20/h1-14H,(H,27,28)/b25-13-. The predicted molar refractivity (Wildman–Crippen MR) is 106 cm³/mol. The summed E-state index contributed by atoms with van der Waals surface area (Å²) in [6.45, 7) is 0. The molecule has 0 spiro atoms. The number of fused-ring (bicyclic) bond motifs is 1. The van der Waals surface area contributed by atoms with Crippen molar-refractivity contribution >= 4 is 23.0 Å². The summed E-state index contributed by atoms with van der Waals surface area (Å²) < 4.78 is 13.0. The number of carbonyl (C=O) groups is 1. The molecular weight excluding hydrogens is 355 g/mol. The summed E-state index contributed by atoms with van der Waals surface area (Å²) in [4.78, 5) is 21.5. The molecule has 2 aromatic carbocycles. The molecule has 0 aliphatic rings. The van der Waals surface area contributed by atoms with Gasteiger partial charge in [-0.1, -0.05) is 30.3 Å². The Morgan fingerprint density at radius 3 is 2.64 bits per heavy atom. The third-order valence-corrected chi connectivity index (χ3v) is 4.17. The first-order valence-electron chi connectivity index (χ1n) is 8.60. The Morgan fingerprint density at radius 2 is 1.86 bits per heavy atom. The van der Waals surface area contributed by atoms with E-state index >= 15 is 0 Å². The second-order valence-electron chi connectivity index (χ2n) is 6.06. The summed E-state index contributed by atoms with van der Waals surface area (Å²) in [6, 6.07) is 18.7. The molecule has 0 atom stereocenters. The highest BCUT2D eigenvalue weighted by Gasteiger charge is 2.13. The minimum atomic E-state index is -0.359. The van der Waals surface area contributed by atoms with Gasteiger partial charge in [0.05, 0.1) is 23.0 Å². The first-order valence-corrected chi connectivity index (χ1v) is 8.60. The zero-order valence-electron chi connectivity index (χ0n) is 14.7. The molecule has 28 heavy (non-hydrogen) atoms. The quantitative estimate of drug-likeness (QED) is 0.432. The van der Waals surface area contributed by atoms with Gasteiger partial charge in [0.1, 0.15) is 5.82 Å². The van der Waals surface area contributed by atoms with E-state index < -0.39 is 0 Å². The van der Waals surface area contributed by atoms with E-state index in [1.54, 1.807) is 30.6 Å². The van der Waals surface area contributed by atoms with Crippen LogP contribution in [-0.4, -0.2) is 22.1 Å². The van der Waals surface area contributed by atoms with Crippen LogP contribution in [0.25, 0.3) is 22.2 Å². The van der Waals surface area contributed by atoms with Gasteiger partial charge in [0.15, 0.2) is 0 Å². The Balaban J connectivity index is 1.66. The third kappa shape index (κ3) is 3.76. The third-order valence-electron chi connectivity index (χ3n) is 4.17. The van der Waals surface area contributed by atoms with Gasteiger partial charge in [0.2, 0.25) is 0 Å². The molecule has 4 rings (SSSR count). The van der Waals surface area contributed by atoms with Gasteiger partial charge in [-0.3, -0.25) is 9.78 Å². The van der Waals surface area contributed by atoms with Crippen molar-refractivity contribution in [1.82, 2.24) is 15.4 Å². The molecule has 0 fully saturated rings. The second kappa shape index (κ2) is 7.75. The lowest BCUT2D eigenvalue weighted by atomic mass is 10.0. The highest BCUT2D eigenvalue weighted by Crippen LogP contribution is 2.24. The number of nitrogens with one attached hydrogen (secondary N) is 1. The Kier molecular flexibility index (Phi) is 4.84. The van der Waals surface area contributed by atoms with Crippen LogP contribution in [0.4, 0.5) is 4.39 Å². The van der Waals surface area contributed by atoms with Gasteiger partial charge in [0.25, 0.3) is 5.91 Å². The highest BCUT2D eigenvalue weighted by molar-refractivity contribution is 6.07. The number of aromatic nitrogens is 2. The van der Waals surface area contributed by atoms with Crippen LogP contribution in [-0.2, 0) is 0 Å². The van der Waals surface area contributed by atoms with Gasteiger partial charge < -0.3 is 0 Å². The fourth-order valence-corrected chi connectivity index (χ4v) is 2.80. The van der Waals surface area contributed by atoms with Crippen LogP contribution in [0.3, 0.4) is 0 Å². The average molecular weight is 370 g/mol. The number of hydrogen-bond acceptors (Lipinski definition) is 4. The summed E-state index contributed by atoms with van der Waals surface area (Å²) >= 11 is 0. The molecule has 0 bridgehead atoms. The number of amides is 1. The molecule has 0 unspecified atom stereocenters. The van der Waals surface area contributed by atoms with Crippen molar-refractivity contribution < 1.29 is 9.18 Å². The molecule has 0 saturated carbocycles. The van der Waals surface area contributed by atoms with E-state index in [0.29, 0.717) is 22.3 Å². The molecule has 2 aromatic heterocycles. The van der Waals surface area contributed by atoms with Crippen LogP contribution in [0.5, 0.6) is 0 Å². The molecule has 0 aliphatic heterocycles. The predicted octanol–water partition coefficient (Wildman–Crippen LogP) is 4.20. The molecular formula is C22H15FN4O. The van der Waals surface area contributed by atoms with Crippen LogP contribution >= 0.6 is 0 Å². The Bertz CT molecular complexity index is 1160. The van der Waals surface area contributed by atoms with Crippen LogP contribution in [0.15, 0.2) is 84.2 Å².